The molecule has 0 aromatic heterocycles. The number of rotatable bonds is 4. The van der Waals surface area contributed by atoms with Crippen LogP contribution in [0.3, 0.4) is 0 Å². The summed E-state index contributed by atoms with van der Waals surface area (Å²) in [5.74, 6) is 0.158. The van der Waals surface area contributed by atoms with Gasteiger partial charge < -0.3 is 10.6 Å². The van der Waals surface area contributed by atoms with E-state index in [9.17, 15) is 4.79 Å². The Bertz CT molecular complexity index is 298. The number of nitrogens with zero attached hydrogens (tertiary/aromatic N) is 2. The smallest absolute Gasteiger partial charge is 0.225 e. The van der Waals surface area contributed by atoms with E-state index in [1.165, 1.54) is 0 Å². The summed E-state index contributed by atoms with van der Waals surface area (Å²) in [5.41, 5.74) is 5.91. The zero-order valence-electron chi connectivity index (χ0n) is 10.9. The van der Waals surface area contributed by atoms with Crippen LogP contribution in [0, 0.1) is 23.2 Å². The maximum atomic E-state index is 12.3. The third-order valence-electron chi connectivity index (χ3n) is 3.47. The zero-order valence-corrected chi connectivity index (χ0v) is 10.9. The van der Waals surface area contributed by atoms with Crippen LogP contribution in [0.15, 0.2) is 0 Å². The van der Waals surface area contributed by atoms with Crippen molar-refractivity contribution in [2.24, 2.45) is 17.6 Å². The molecule has 4 nitrogen and oxygen atoms in total. The standard InChI is InChI=1S/C13H23N3O/c1-3-16(9-10(2)8-14)13(17)11-5-4-6-12(15)7-11/h10-12H,3-7,9,15H2,1-2H3. The van der Waals surface area contributed by atoms with E-state index in [0.29, 0.717) is 13.1 Å². The molecule has 0 aliphatic heterocycles. The van der Waals surface area contributed by atoms with Crippen molar-refractivity contribution in [3.8, 4) is 6.07 Å². The van der Waals surface area contributed by atoms with Gasteiger partial charge in [-0.25, -0.2) is 0 Å². The second-order valence-corrected chi connectivity index (χ2v) is 5.03. The van der Waals surface area contributed by atoms with Gasteiger partial charge in [-0.3, -0.25) is 4.79 Å². The molecule has 0 heterocycles. The number of carbonyl (C=O) groups is 1. The van der Waals surface area contributed by atoms with Crippen molar-refractivity contribution in [2.75, 3.05) is 13.1 Å². The molecule has 0 spiro atoms. The first-order valence-corrected chi connectivity index (χ1v) is 6.52. The van der Waals surface area contributed by atoms with Gasteiger partial charge in [-0.15, -0.1) is 0 Å². The Labute approximate surface area is 104 Å². The Morgan fingerprint density at radius 1 is 1.59 bits per heavy atom. The fraction of sp³-hybridized carbons (Fsp3) is 0.846. The van der Waals surface area contributed by atoms with E-state index in [2.05, 4.69) is 6.07 Å². The number of hydrogen-bond acceptors (Lipinski definition) is 3. The summed E-state index contributed by atoms with van der Waals surface area (Å²) in [7, 11) is 0. The minimum absolute atomic E-state index is 0.0737. The van der Waals surface area contributed by atoms with Gasteiger partial charge in [-0.05, 0) is 33.1 Å². The van der Waals surface area contributed by atoms with Gasteiger partial charge in [-0.1, -0.05) is 6.42 Å². The topological polar surface area (TPSA) is 70.1 Å². The molecule has 1 rings (SSSR count). The summed E-state index contributed by atoms with van der Waals surface area (Å²) < 4.78 is 0. The fourth-order valence-corrected chi connectivity index (χ4v) is 2.46. The predicted octanol–water partition coefficient (Wildman–Crippen LogP) is 1.51. The highest BCUT2D eigenvalue weighted by Gasteiger charge is 2.28. The molecule has 2 N–H and O–H groups in total. The van der Waals surface area contributed by atoms with Crippen LogP contribution in [0.1, 0.15) is 39.5 Å². The molecule has 1 aliphatic carbocycles. The second kappa shape index (κ2) is 6.61. The molecule has 17 heavy (non-hydrogen) atoms. The van der Waals surface area contributed by atoms with E-state index in [-0.39, 0.29) is 23.8 Å². The van der Waals surface area contributed by atoms with Gasteiger partial charge in [0, 0.05) is 25.0 Å². The van der Waals surface area contributed by atoms with E-state index in [0.717, 1.165) is 25.7 Å². The van der Waals surface area contributed by atoms with Crippen molar-refractivity contribution in [3.63, 3.8) is 0 Å². The molecule has 1 aliphatic rings. The van der Waals surface area contributed by atoms with Crippen LogP contribution in [-0.4, -0.2) is 29.9 Å². The van der Waals surface area contributed by atoms with Crippen LogP contribution in [0.5, 0.6) is 0 Å². The van der Waals surface area contributed by atoms with Crippen LogP contribution in [0.25, 0.3) is 0 Å². The lowest BCUT2D eigenvalue weighted by molar-refractivity contribution is -0.136. The molecule has 1 amide bonds. The third kappa shape index (κ3) is 4.01. The monoisotopic (exact) mass is 237 g/mol. The Kier molecular flexibility index (Phi) is 5.43. The number of nitrogens with two attached hydrogens (primary N) is 1. The SMILES string of the molecule is CCN(CC(C)C#N)C(=O)C1CCCC(N)C1. The molecular weight excluding hydrogens is 214 g/mol. The lowest BCUT2D eigenvalue weighted by atomic mass is 9.85. The summed E-state index contributed by atoms with van der Waals surface area (Å²) >= 11 is 0. The van der Waals surface area contributed by atoms with Crippen molar-refractivity contribution in [1.82, 2.24) is 4.90 Å². The molecule has 0 radical (unpaired) electrons. The number of carbonyl (C=O) groups excluding carboxylic acids is 1. The predicted molar refractivity (Wildman–Crippen MR) is 67.0 cm³/mol. The van der Waals surface area contributed by atoms with E-state index in [1.54, 1.807) is 4.90 Å². The number of hydrogen-bond donors (Lipinski definition) is 1. The molecule has 4 heteroatoms. The molecule has 3 unspecified atom stereocenters. The molecule has 0 bridgehead atoms. The van der Waals surface area contributed by atoms with E-state index in [1.807, 2.05) is 13.8 Å². The molecule has 0 aromatic carbocycles. The molecular formula is C13H23N3O. The van der Waals surface area contributed by atoms with Crippen LogP contribution < -0.4 is 5.73 Å². The zero-order chi connectivity index (χ0) is 12.8. The summed E-state index contributed by atoms with van der Waals surface area (Å²) in [6, 6.07) is 2.35. The minimum Gasteiger partial charge on any atom is -0.341 e. The largest absolute Gasteiger partial charge is 0.341 e. The highest BCUT2D eigenvalue weighted by Crippen LogP contribution is 2.25. The highest BCUT2D eigenvalue weighted by molar-refractivity contribution is 5.79. The van der Waals surface area contributed by atoms with Crippen LogP contribution in [-0.2, 0) is 4.79 Å². The Morgan fingerprint density at radius 2 is 2.29 bits per heavy atom. The molecule has 0 saturated heterocycles. The van der Waals surface area contributed by atoms with Gasteiger partial charge in [0.25, 0.3) is 0 Å². The average Bonchev–Trinajstić information content (AvgIpc) is 2.34. The van der Waals surface area contributed by atoms with Crippen molar-refractivity contribution >= 4 is 5.91 Å². The Morgan fingerprint density at radius 3 is 2.82 bits per heavy atom. The third-order valence-corrected chi connectivity index (χ3v) is 3.47. The lowest BCUT2D eigenvalue weighted by Gasteiger charge is -2.31. The van der Waals surface area contributed by atoms with Crippen molar-refractivity contribution < 1.29 is 4.79 Å². The van der Waals surface area contributed by atoms with Crippen LogP contribution >= 0.6 is 0 Å². The van der Waals surface area contributed by atoms with Crippen LogP contribution in [0.2, 0.25) is 0 Å². The summed E-state index contributed by atoms with van der Waals surface area (Å²) in [6.45, 7) is 5.03. The van der Waals surface area contributed by atoms with E-state index >= 15 is 0 Å². The molecule has 96 valence electrons. The maximum absolute atomic E-state index is 12.3. The van der Waals surface area contributed by atoms with Crippen LogP contribution in [0.4, 0.5) is 0 Å². The molecule has 0 aromatic rings. The fourth-order valence-electron chi connectivity index (χ4n) is 2.46. The molecule has 1 saturated carbocycles. The minimum atomic E-state index is -0.101. The van der Waals surface area contributed by atoms with Gasteiger partial charge in [0.15, 0.2) is 0 Å². The van der Waals surface area contributed by atoms with Crippen molar-refractivity contribution in [2.45, 2.75) is 45.6 Å². The van der Waals surface area contributed by atoms with E-state index < -0.39 is 0 Å². The quantitative estimate of drug-likeness (QED) is 0.805. The number of amides is 1. The molecule has 3 atom stereocenters. The molecule has 1 fully saturated rings. The van der Waals surface area contributed by atoms with Gasteiger partial charge in [0.2, 0.25) is 5.91 Å². The first kappa shape index (κ1) is 14.0. The summed E-state index contributed by atoms with van der Waals surface area (Å²) in [4.78, 5) is 14.1. The van der Waals surface area contributed by atoms with Gasteiger partial charge in [0.1, 0.15) is 0 Å². The van der Waals surface area contributed by atoms with Crippen molar-refractivity contribution in [3.05, 3.63) is 0 Å². The first-order valence-electron chi connectivity index (χ1n) is 6.52. The first-order chi connectivity index (χ1) is 8.08. The van der Waals surface area contributed by atoms with Gasteiger partial charge in [0.05, 0.1) is 12.0 Å². The normalized spacial score (nSPS) is 26.0. The van der Waals surface area contributed by atoms with Crippen molar-refractivity contribution in [1.29, 1.82) is 5.26 Å². The van der Waals surface area contributed by atoms with Gasteiger partial charge >= 0.3 is 0 Å². The Hall–Kier alpha value is -1.08. The number of nitriles is 1. The summed E-state index contributed by atoms with van der Waals surface area (Å²) in [5, 5.41) is 8.81. The van der Waals surface area contributed by atoms with Gasteiger partial charge in [-0.2, -0.15) is 5.26 Å². The second-order valence-electron chi connectivity index (χ2n) is 5.03. The summed E-state index contributed by atoms with van der Waals surface area (Å²) in [6.07, 6.45) is 3.83. The van der Waals surface area contributed by atoms with E-state index in [4.69, 9.17) is 11.0 Å². The maximum Gasteiger partial charge on any atom is 0.225 e. The highest BCUT2D eigenvalue weighted by atomic mass is 16.2. The lowest BCUT2D eigenvalue weighted by Crippen LogP contribution is -2.42. The average molecular weight is 237 g/mol. The Balaban J connectivity index is 2.56.